The standard InChI is InChI=1S/C25H27N7O/c1-25(2)6-5-19-18(11-25)23(29-14-28-19)32-7-8-33-21-4-3-15(9-17(21)13-32)16-10-20-22(27-12-16)31-24(26)30-20/h3-4,9-10,12,14H,5-8,11,13H2,1-2H3,(H3,26,27,30,31)/p+1. The van der Waals surface area contributed by atoms with Crippen LogP contribution in [0.5, 0.6) is 5.75 Å². The van der Waals surface area contributed by atoms with Crippen molar-refractivity contribution in [3.05, 3.63) is 53.6 Å². The second kappa shape index (κ2) is 7.43. The fourth-order valence-corrected chi connectivity index (χ4v) is 5.02. The van der Waals surface area contributed by atoms with Crippen molar-refractivity contribution in [2.24, 2.45) is 5.41 Å². The topological polar surface area (TPSA) is 107 Å². The number of fused-ring (bicyclic) bond motifs is 3. The van der Waals surface area contributed by atoms with Crippen LogP contribution in [0.15, 0.2) is 36.8 Å². The fraction of sp³-hybridized carbons (Fsp3) is 0.360. The van der Waals surface area contributed by atoms with Crippen molar-refractivity contribution in [2.45, 2.75) is 39.7 Å². The molecule has 4 heterocycles. The Bertz CT molecular complexity index is 1360. The first-order chi connectivity index (χ1) is 15.9. The predicted molar refractivity (Wildman–Crippen MR) is 127 cm³/mol. The van der Waals surface area contributed by atoms with Gasteiger partial charge in [-0.25, -0.2) is 15.0 Å². The Hall–Kier alpha value is -3.68. The van der Waals surface area contributed by atoms with Gasteiger partial charge >= 0.3 is 11.6 Å². The van der Waals surface area contributed by atoms with E-state index < -0.39 is 0 Å². The molecular weight excluding hydrogens is 414 g/mol. The molecule has 0 fully saturated rings. The summed E-state index contributed by atoms with van der Waals surface area (Å²) in [6, 6.07) is 8.44. The quantitative estimate of drug-likeness (QED) is 0.493. The molecule has 1 aliphatic carbocycles. The Morgan fingerprint density at radius 1 is 1.18 bits per heavy atom. The van der Waals surface area contributed by atoms with Gasteiger partial charge in [-0.2, -0.15) is 0 Å². The number of ether oxygens (including phenoxy) is 1. The molecule has 4 N–H and O–H groups in total. The van der Waals surface area contributed by atoms with Crippen LogP contribution in [0.3, 0.4) is 0 Å². The van der Waals surface area contributed by atoms with Crippen molar-refractivity contribution in [1.82, 2.24) is 19.9 Å². The van der Waals surface area contributed by atoms with Gasteiger partial charge in [0, 0.05) is 28.9 Å². The molecule has 0 bridgehead atoms. The van der Waals surface area contributed by atoms with Crippen molar-refractivity contribution in [3.8, 4) is 16.9 Å². The fourth-order valence-electron chi connectivity index (χ4n) is 5.02. The average molecular weight is 443 g/mol. The number of H-pyrrole nitrogens is 2. The maximum atomic E-state index is 6.12. The lowest BCUT2D eigenvalue weighted by Crippen LogP contribution is -2.31. The first-order valence-electron chi connectivity index (χ1n) is 11.5. The summed E-state index contributed by atoms with van der Waals surface area (Å²) < 4.78 is 6.12. The van der Waals surface area contributed by atoms with Gasteiger partial charge in [-0.3, -0.25) is 4.98 Å². The first kappa shape index (κ1) is 20.0. The summed E-state index contributed by atoms with van der Waals surface area (Å²) in [4.78, 5) is 22.3. The van der Waals surface area contributed by atoms with Crippen LogP contribution in [-0.4, -0.2) is 33.1 Å². The minimum Gasteiger partial charge on any atom is -0.491 e. The van der Waals surface area contributed by atoms with Crippen LogP contribution in [-0.2, 0) is 19.4 Å². The highest BCUT2D eigenvalue weighted by Gasteiger charge is 2.30. The zero-order valence-electron chi connectivity index (χ0n) is 19.0. The molecule has 33 heavy (non-hydrogen) atoms. The number of hydrogen-bond donors (Lipinski definition) is 2. The van der Waals surface area contributed by atoms with E-state index in [2.05, 4.69) is 62.9 Å². The number of pyridine rings is 1. The van der Waals surface area contributed by atoms with Crippen LogP contribution < -0.4 is 20.4 Å². The van der Waals surface area contributed by atoms with Gasteiger partial charge in [-0.1, -0.05) is 19.9 Å². The third-order valence-electron chi connectivity index (χ3n) is 6.79. The molecule has 0 radical (unpaired) electrons. The third-order valence-corrected chi connectivity index (χ3v) is 6.79. The number of aromatic amines is 2. The van der Waals surface area contributed by atoms with Gasteiger partial charge in [0.25, 0.3) is 0 Å². The van der Waals surface area contributed by atoms with Gasteiger partial charge < -0.3 is 15.4 Å². The molecule has 2 aliphatic rings. The maximum Gasteiger partial charge on any atom is 0.349 e. The van der Waals surface area contributed by atoms with Crippen LogP contribution >= 0.6 is 0 Å². The summed E-state index contributed by atoms with van der Waals surface area (Å²) in [6.45, 7) is 6.83. The van der Waals surface area contributed by atoms with E-state index in [1.807, 2.05) is 6.20 Å². The second-order valence-electron chi connectivity index (χ2n) is 9.83. The lowest BCUT2D eigenvalue weighted by atomic mass is 9.76. The number of nitrogen functional groups attached to an aromatic ring is 1. The van der Waals surface area contributed by atoms with Gasteiger partial charge in [-0.05, 0) is 53.4 Å². The second-order valence-corrected chi connectivity index (χ2v) is 9.83. The average Bonchev–Trinajstić information content (AvgIpc) is 3.04. The summed E-state index contributed by atoms with van der Waals surface area (Å²) in [5.41, 5.74) is 13.5. The predicted octanol–water partition coefficient (Wildman–Crippen LogP) is 3.33. The molecule has 4 aromatic rings. The number of aromatic nitrogens is 5. The van der Waals surface area contributed by atoms with E-state index in [0.29, 0.717) is 12.6 Å². The van der Waals surface area contributed by atoms with Crippen LogP contribution in [0.4, 0.5) is 11.8 Å². The summed E-state index contributed by atoms with van der Waals surface area (Å²) in [5.74, 6) is 2.39. The van der Waals surface area contributed by atoms with E-state index in [4.69, 9.17) is 15.5 Å². The number of hydrogen-bond acceptors (Lipinski definition) is 6. The lowest BCUT2D eigenvalue weighted by Gasteiger charge is -2.33. The van der Waals surface area contributed by atoms with Crippen LogP contribution in [0.25, 0.3) is 22.3 Å². The number of nitrogens with two attached hydrogens (primary N) is 1. The Labute approximate surface area is 192 Å². The minimum absolute atomic E-state index is 0.269. The maximum absolute atomic E-state index is 6.12. The number of nitrogens with zero attached hydrogens (tertiary/aromatic N) is 4. The van der Waals surface area contributed by atoms with Gasteiger partial charge in [0.05, 0.1) is 12.7 Å². The molecule has 168 valence electrons. The highest BCUT2D eigenvalue weighted by molar-refractivity contribution is 5.77. The zero-order valence-corrected chi connectivity index (χ0v) is 19.0. The Balaban J connectivity index is 1.36. The molecule has 8 nitrogen and oxygen atoms in total. The Morgan fingerprint density at radius 2 is 2.09 bits per heavy atom. The molecule has 1 aliphatic heterocycles. The molecule has 3 aromatic heterocycles. The monoisotopic (exact) mass is 442 g/mol. The largest absolute Gasteiger partial charge is 0.491 e. The van der Waals surface area contributed by atoms with E-state index in [-0.39, 0.29) is 5.41 Å². The third kappa shape index (κ3) is 3.65. The van der Waals surface area contributed by atoms with Crippen molar-refractivity contribution in [3.63, 3.8) is 0 Å². The highest BCUT2D eigenvalue weighted by Crippen LogP contribution is 2.38. The molecule has 0 atom stereocenters. The summed E-state index contributed by atoms with van der Waals surface area (Å²) in [7, 11) is 0. The molecule has 0 saturated heterocycles. The summed E-state index contributed by atoms with van der Waals surface area (Å²) in [6.07, 6.45) is 6.86. The lowest BCUT2D eigenvalue weighted by molar-refractivity contribution is -0.346. The molecular formula is C25H28N7O+. The molecule has 1 aromatic carbocycles. The molecule has 0 amide bonds. The summed E-state index contributed by atoms with van der Waals surface area (Å²) in [5, 5.41) is 0. The molecule has 0 unspecified atom stereocenters. The van der Waals surface area contributed by atoms with Gasteiger partial charge in [0.2, 0.25) is 0 Å². The molecule has 0 spiro atoms. The van der Waals surface area contributed by atoms with E-state index in [1.165, 1.54) is 11.3 Å². The highest BCUT2D eigenvalue weighted by atomic mass is 16.5. The van der Waals surface area contributed by atoms with Crippen molar-refractivity contribution < 1.29 is 9.72 Å². The number of aryl methyl sites for hydroxylation is 1. The van der Waals surface area contributed by atoms with Crippen LogP contribution in [0.1, 0.15) is 37.1 Å². The van der Waals surface area contributed by atoms with Crippen molar-refractivity contribution in [2.75, 3.05) is 23.8 Å². The number of anilines is 2. The van der Waals surface area contributed by atoms with Gasteiger partial charge in [0.1, 0.15) is 30.0 Å². The molecule has 0 saturated carbocycles. The van der Waals surface area contributed by atoms with E-state index in [1.54, 1.807) is 6.33 Å². The smallest absolute Gasteiger partial charge is 0.349 e. The molecule has 6 rings (SSSR count). The van der Waals surface area contributed by atoms with Gasteiger partial charge in [-0.15, -0.1) is 0 Å². The normalized spacial score (nSPS) is 17.2. The van der Waals surface area contributed by atoms with Crippen LogP contribution in [0, 0.1) is 5.41 Å². The summed E-state index contributed by atoms with van der Waals surface area (Å²) >= 11 is 0. The molecule has 8 heteroatoms. The number of rotatable bonds is 2. The first-order valence-corrected chi connectivity index (χ1v) is 11.5. The van der Waals surface area contributed by atoms with Crippen molar-refractivity contribution in [1.29, 1.82) is 0 Å². The Morgan fingerprint density at radius 3 is 3.00 bits per heavy atom. The van der Waals surface area contributed by atoms with Crippen LogP contribution in [0.2, 0.25) is 0 Å². The number of imidazole rings is 1. The Kier molecular flexibility index (Phi) is 4.50. The van der Waals surface area contributed by atoms with Crippen molar-refractivity contribution >= 4 is 22.9 Å². The van der Waals surface area contributed by atoms with E-state index in [0.717, 1.165) is 71.8 Å². The number of benzene rings is 1. The zero-order chi connectivity index (χ0) is 22.6. The SMILES string of the molecule is CC1(C)CCc2ncnc(N3CCOc4ccc(-c5c[nH+]c6nc(N)[nH]c6c5)cc4C3)c2C1. The van der Waals surface area contributed by atoms with E-state index in [9.17, 15) is 0 Å². The van der Waals surface area contributed by atoms with Gasteiger partial charge in [0.15, 0.2) is 0 Å². The van der Waals surface area contributed by atoms with E-state index >= 15 is 0 Å². The number of nitrogens with one attached hydrogen (secondary N) is 2. The minimum atomic E-state index is 0.269.